The number of hydrogen-bond acceptors (Lipinski definition) is 3. The molecule has 4 rings (SSSR count). The molecule has 1 aromatic heterocycles. The first-order valence-electron chi connectivity index (χ1n) is 6.17. The molecular formula is C14H12N2O2. The number of rotatable bonds is 1. The van der Waals surface area contributed by atoms with Gasteiger partial charge in [0.2, 0.25) is 5.78 Å². The van der Waals surface area contributed by atoms with Crippen LogP contribution in [0.2, 0.25) is 0 Å². The van der Waals surface area contributed by atoms with Gasteiger partial charge >= 0.3 is 0 Å². The van der Waals surface area contributed by atoms with Crippen LogP contribution in [0.15, 0.2) is 24.3 Å². The van der Waals surface area contributed by atoms with E-state index in [1.54, 1.807) is 0 Å². The van der Waals surface area contributed by atoms with Crippen molar-refractivity contribution in [2.45, 2.75) is 25.6 Å². The Balaban J connectivity index is 2.02. The number of Topliss-reactive ketones (excluding diaryl/α,β-unsaturated/α-hetero) is 1. The molecule has 2 aliphatic rings. The van der Waals surface area contributed by atoms with Crippen molar-refractivity contribution >= 4 is 5.78 Å². The quantitative estimate of drug-likeness (QED) is 0.778. The van der Waals surface area contributed by atoms with Gasteiger partial charge in [-0.2, -0.15) is 0 Å². The van der Waals surface area contributed by atoms with Gasteiger partial charge in [0.1, 0.15) is 17.6 Å². The molecule has 0 amide bonds. The van der Waals surface area contributed by atoms with Crippen molar-refractivity contribution in [3.05, 3.63) is 41.3 Å². The van der Waals surface area contributed by atoms with Crippen molar-refractivity contribution in [2.75, 3.05) is 0 Å². The lowest BCUT2D eigenvalue weighted by molar-refractivity contribution is 0.0950. The largest absolute Gasteiger partial charge is 0.356 e. The number of H-pyrrole nitrogens is 1. The average molecular weight is 240 g/mol. The molecule has 1 aliphatic heterocycles. The molecule has 1 aliphatic carbocycles. The Kier molecular flexibility index (Phi) is 1.84. The Labute approximate surface area is 104 Å². The van der Waals surface area contributed by atoms with E-state index in [9.17, 15) is 4.79 Å². The first-order valence-corrected chi connectivity index (χ1v) is 6.17. The minimum atomic E-state index is -0.322. The van der Waals surface area contributed by atoms with E-state index in [1.165, 1.54) is 0 Å². The zero-order chi connectivity index (χ0) is 12.3. The molecule has 0 radical (unpaired) electrons. The molecule has 2 aromatic rings. The summed E-state index contributed by atoms with van der Waals surface area (Å²) in [4.78, 5) is 20.0. The van der Waals surface area contributed by atoms with Gasteiger partial charge in [-0.05, 0) is 5.56 Å². The molecule has 1 fully saturated rings. The maximum Gasteiger partial charge on any atom is 0.213 e. The van der Waals surface area contributed by atoms with Gasteiger partial charge in [0.05, 0.1) is 5.69 Å². The smallest absolute Gasteiger partial charge is 0.213 e. The first-order chi connectivity index (χ1) is 8.79. The second-order valence-electron chi connectivity index (χ2n) is 4.69. The average Bonchev–Trinajstić information content (AvgIpc) is 3.10. The number of nitrogens with zero attached hydrogens (tertiary/aromatic N) is 1. The molecule has 2 atom stereocenters. The summed E-state index contributed by atoms with van der Waals surface area (Å²) in [5.41, 5.74) is 3.47. The molecule has 4 nitrogen and oxygen atoms in total. The molecule has 1 aromatic carbocycles. The Bertz CT molecular complexity index is 660. The van der Waals surface area contributed by atoms with E-state index in [0.717, 1.165) is 29.1 Å². The summed E-state index contributed by atoms with van der Waals surface area (Å²) in [5.74, 6) is 0.876. The molecule has 1 saturated heterocycles. The number of benzene rings is 1. The van der Waals surface area contributed by atoms with E-state index in [0.29, 0.717) is 5.69 Å². The minimum absolute atomic E-state index is 0.0263. The second kappa shape index (κ2) is 3.29. The molecule has 0 saturated carbocycles. The minimum Gasteiger partial charge on any atom is -0.356 e. The van der Waals surface area contributed by atoms with Crippen LogP contribution in [0.25, 0.3) is 11.3 Å². The van der Waals surface area contributed by atoms with Crippen LogP contribution in [0.3, 0.4) is 0 Å². The van der Waals surface area contributed by atoms with Gasteiger partial charge in [0, 0.05) is 12.0 Å². The number of aryl methyl sites for hydroxylation is 1. The topological polar surface area (TPSA) is 58.3 Å². The number of aromatic amines is 1. The molecule has 0 spiro atoms. The van der Waals surface area contributed by atoms with Crippen LogP contribution in [-0.2, 0) is 11.2 Å². The third kappa shape index (κ3) is 1.18. The Morgan fingerprint density at radius 3 is 3.00 bits per heavy atom. The molecular weight excluding hydrogens is 228 g/mol. The third-order valence-corrected chi connectivity index (χ3v) is 3.61. The van der Waals surface area contributed by atoms with E-state index in [1.807, 2.05) is 31.2 Å². The second-order valence-corrected chi connectivity index (χ2v) is 4.69. The third-order valence-electron chi connectivity index (χ3n) is 3.61. The van der Waals surface area contributed by atoms with Crippen molar-refractivity contribution in [3.8, 4) is 11.3 Å². The van der Waals surface area contributed by atoms with Crippen molar-refractivity contribution in [1.82, 2.24) is 9.97 Å². The van der Waals surface area contributed by atoms with Crippen LogP contribution in [0.4, 0.5) is 0 Å². The number of epoxide rings is 1. The van der Waals surface area contributed by atoms with Gasteiger partial charge in [0.25, 0.3) is 0 Å². The van der Waals surface area contributed by atoms with Crippen LogP contribution >= 0.6 is 0 Å². The normalized spacial score (nSPS) is 23.9. The monoisotopic (exact) mass is 240 g/mol. The van der Waals surface area contributed by atoms with Gasteiger partial charge in [-0.25, -0.2) is 4.98 Å². The van der Waals surface area contributed by atoms with Gasteiger partial charge in [0.15, 0.2) is 6.10 Å². The van der Waals surface area contributed by atoms with Crippen molar-refractivity contribution in [1.29, 1.82) is 0 Å². The molecule has 0 bridgehead atoms. The molecule has 2 unspecified atom stereocenters. The van der Waals surface area contributed by atoms with E-state index < -0.39 is 0 Å². The maximum atomic E-state index is 12.3. The van der Waals surface area contributed by atoms with Crippen LogP contribution in [-0.4, -0.2) is 21.9 Å². The molecule has 2 heterocycles. The Morgan fingerprint density at radius 1 is 1.33 bits per heavy atom. The highest BCUT2D eigenvalue weighted by Crippen LogP contribution is 2.48. The van der Waals surface area contributed by atoms with Crippen LogP contribution < -0.4 is 0 Å². The van der Waals surface area contributed by atoms with Crippen molar-refractivity contribution in [3.63, 3.8) is 0 Å². The number of ketones is 1. The number of hydrogen-bond donors (Lipinski definition) is 1. The summed E-state index contributed by atoms with van der Waals surface area (Å²) < 4.78 is 5.50. The van der Waals surface area contributed by atoms with E-state index in [4.69, 9.17) is 4.74 Å². The highest BCUT2D eigenvalue weighted by Gasteiger charge is 2.50. The lowest BCUT2D eigenvalue weighted by Crippen LogP contribution is -2.08. The van der Waals surface area contributed by atoms with Crippen molar-refractivity contribution in [2.24, 2.45) is 0 Å². The SMILES string of the molecule is CCc1nc2c([nH]1)C(=O)C1OC1c1ccccc1-2. The highest BCUT2D eigenvalue weighted by molar-refractivity contribution is 6.06. The number of imidazole rings is 1. The van der Waals surface area contributed by atoms with Crippen LogP contribution in [0.1, 0.15) is 34.9 Å². The molecule has 4 heteroatoms. The van der Waals surface area contributed by atoms with Crippen LogP contribution in [0, 0.1) is 0 Å². The standard InChI is InChI=1S/C14H12N2O2/c1-2-9-15-10-7-5-3-4-6-8(7)13-14(18-13)12(17)11(10)16-9/h3-6,13-14H,2H2,1H3,(H,15,16). The maximum absolute atomic E-state index is 12.3. The molecule has 90 valence electrons. The number of carbonyl (C=O) groups is 1. The number of carbonyl (C=O) groups excluding carboxylic acids is 1. The van der Waals surface area contributed by atoms with Gasteiger partial charge < -0.3 is 9.72 Å². The number of aromatic nitrogens is 2. The summed E-state index contributed by atoms with van der Waals surface area (Å²) in [5, 5.41) is 0. The lowest BCUT2D eigenvalue weighted by Gasteiger charge is -2.03. The van der Waals surface area contributed by atoms with Gasteiger partial charge in [-0.3, -0.25) is 4.79 Å². The fraction of sp³-hybridized carbons (Fsp3) is 0.286. The molecule has 1 N–H and O–H groups in total. The summed E-state index contributed by atoms with van der Waals surface area (Å²) >= 11 is 0. The summed E-state index contributed by atoms with van der Waals surface area (Å²) in [7, 11) is 0. The zero-order valence-electron chi connectivity index (χ0n) is 9.93. The summed E-state index contributed by atoms with van der Waals surface area (Å²) in [6.45, 7) is 2.02. The number of ether oxygens (including phenoxy) is 1. The Hall–Kier alpha value is -1.94. The van der Waals surface area contributed by atoms with Gasteiger partial charge in [-0.15, -0.1) is 0 Å². The van der Waals surface area contributed by atoms with Gasteiger partial charge in [-0.1, -0.05) is 31.2 Å². The van der Waals surface area contributed by atoms with E-state index in [2.05, 4.69) is 9.97 Å². The summed E-state index contributed by atoms with van der Waals surface area (Å²) in [6, 6.07) is 7.96. The fourth-order valence-electron chi connectivity index (χ4n) is 2.61. The van der Waals surface area contributed by atoms with E-state index in [-0.39, 0.29) is 18.0 Å². The number of nitrogens with one attached hydrogen (secondary N) is 1. The molecule has 18 heavy (non-hydrogen) atoms. The fourth-order valence-corrected chi connectivity index (χ4v) is 2.61. The zero-order valence-corrected chi connectivity index (χ0v) is 9.93. The highest BCUT2D eigenvalue weighted by atomic mass is 16.6. The Morgan fingerprint density at radius 2 is 2.17 bits per heavy atom. The number of fused-ring (bicyclic) bond motifs is 5. The predicted octanol–water partition coefficient (Wildman–Crippen LogP) is 2.28. The van der Waals surface area contributed by atoms with Crippen molar-refractivity contribution < 1.29 is 9.53 Å². The first kappa shape index (κ1) is 10.0. The lowest BCUT2D eigenvalue weighted by atomic mass is 10.0. The van der Waals surface area contributed by atoms with E-state index >= 15 is 0 Å². The summed E-state index contributed by atoms with van der Waals surface area (Å²) in [6.07, 6.45) is 0.385. The predicted molar refractivity (Wildman–Crippen MR) is 65.3 cm³/mol. The van der Waals surface area contributed by atoms with Crippen LogP contribution in [0.5, 0.6) is 0 Å².